The zero-order valence-electron chi connectivity index (χ0n) is 14.5. The molecule has 0 bridgehead atoms. The lowest BCUT2D eigenvalue weighted by Crippen LogP contribution is -2.28. The summed E-state index contributed by atoms with van der Waals surface area (Å²) in [7, 11) is -1.67. The predicted molar refractivity (Wildman–Crippen MR) is 90.4 cm³/mol. The highest BCUT2D eigenvalue weighted by molar-refractivity contribution is 6.71. The minimum absolute atomic E-state index is 0.0119. The molecule has 0 unspecified atom stereocenters. The van der Waals surface area contributed by atoms with Gasteiger partial charge in [0.1, 0.15) is 0 Å². The molecular formula is C17H36O2Si. The maximum atomic E-state index is 11.5. The van der Waals surface area contributed by atoms with Crippen LogP contribution in [0.15, 0.2) is 0 Å². The second kappa shape index (κ2) is 11.4. The Bertz CT molecular complexity index is 244. The van der Waals surface area contributed by atoms with Crippen molar-refractivity contribution in [1.29, 1.82) is 0 Å². The Morgan fingerprint density at radius 3 is 1.75 bits per heavy atom. The van der Waals surface area contributed by atoms with E-state index in [9.17, 15) is 4.79 Å². The lowest BCUT2D eigenvalue weighted by Gasteiger charge is -2.17. The third-order valence-electron chi connectivity index (χ3n) is 3.33. The van der Waals surface area contributed by atoms with E-state index in [0.717, 1.165) is 12.3 Å². The van der Waals surface area contributed by atoms with Crippen molar-refractivity contribution in [3.63, 3.8) is 0 Å². The monoisotopic (exact) mass is 300 g/mol. The predicted octanol–water partition coefficient (Wildman–Crippen LogP) is 5.92. The van der Waals surface area contributed by atoms with Crippen molar-refractivity contribution >= 4 is 14.3 Å². The zero-order valence-corrected chi connectivity index (χ0v) is 15.5. The second-order valence-corrected chi connectivity index (χ2v) is 11.8. The molecule has 0 amide bonds. The summed E-state index contributed by atoms with van der Waals surface area (Å²) in [6.07, 6.45) is 12.3. The van der Waals surface area contributed by atoms with Crippen LogP contribution >= 0.6 is 0 Å². The molecule has 2 nitrogen and oxygen atoms in total. The molecule has 0 aliphatic rings. The summed E-state index contributed by atoms with van der Waals surface area (Å²) in [5.74, 6) is 0.865. The largest absolute Gasteiger partial charge is 0.520 e. The fourth-order valence-corrected chi connectivity index (χ4v) is 3.06. The van der Waals surface area contributed by atoms with Crippen LogP contribution in [-0.4, -0.2) is 14.3 Å². The van der Waals surface area contributed by atoms with Crippen LogP contribution in [0.1, 0.15) is 78.1 Å². The van der Waals surface area contributed by atoms with Crippen LogP contribution < -0.4 is 0 Å². The van der Waals surface area contributed by atoms with Crippen molar-refractivity contribution in [2.45, 2.75) is 97.7 Å². The Morgan fingerprint density at radius 2 is 1.30 bits per heavy atom. The number of carbonyl (C=O) groups excluding carboxylic acids is 1. The van der Waals surface area contributed by atoms with Gasteiger partial charge in [-0.1, -0.05) is 65.2 Å². The molecule has 120 valence electrons. The second-order valence-electron chi connectivity index (χ2n) is 7.35. The molecule has 0 aromatic rings. The van der Waals surface area contributed by atoms with Gasteiger partial charge in [0, 0.05) is 6.42 Å². The summed E-state index contributed by atoms with van der Waals surface area (Å²) in [6.45, 7) is 10.8. The molecule has 20 heavy (non-hydrogen) atoms. The van der Waals surface area contributed by atoms with Crippen LogP contribution in [-0.2, 0) is 9.22 Å². The lowest BCUT2D eigenvalue weighted by molar-refractivity contribution is -0.135. The minimum Gasteiger partial charge on any atom is -0.520 e. The number of rotatable bonds is 12. The van der Waals surface area contributed by atoms with Gasteiger partial charge in [0.15, 0.2) is 0 Å². The van der Waals surface area contributed by atoms with Crippen LogP contribution in [0.5, 0.6) is 0 Å². The SMILES string of the molecule is CC(C)CCCCCCCCCCC(=O)O[Si](C)(C)C. The smallest absolute Gasteiger partial charge is 0.292 e. The van der Waals surface area contributed by atoms with Gasteiger partial charge in [0.2, 0.25) is 8.32 Å². The highest BCUT2D eigenvalue weighted by Crippen LogP contribution is 2.13. The van der Waals surface area contributed by atoms with Crippen molar-refractivity contribution in [3.8, 4) is 0 Å². The summed E-state index contributed by atoms with van der Waals surface area (Å²) >= 11 is 0. The number of hydrogen-bond acceptors (Lipinski definition) is 2. The van der Waals surface area contributed by atoms with Gasteiger partial charge in [0.25, 0.3) is 5.97 Å². The first kappa shape index (κ1) is 19.7. The third-order valence-corrected chi connectivity index (χ3v) is 4.17. The summed E-state index contributed by atoms with van der Waals surface area (Å²) in [4.78, 5) is 11.5. The van der Waals surface area contributed by atoms with E-state index in [4.69, 9.17) is 4.43 Å². The fraction of sp³-hybridized carbons (Fsp3) is 0.941. The first-order valence-corrected chi connectivity index (χ1v) is 11.9. The molecule has 0 N–H and O–H groups in total. The van der Waals surface area contributed by atoms with Gasteiger partial charge in [-0.05, 0) is 32.0 Å². The molecule has 0 rings (SSSR count). The Kier molecular flexibility index (Phi) is 11.2. The number of carbonyl (C=O) groups is 1. The fourth-order valence-electron chi connectivity index (χ4n) is 2.28. The first-order chi connectivity index (χ1) is 9.31. The van der Waals surface area contributed by atoms with Gasteiger partial charge in [-0.3, -0.25) is 4.79 Å². The molecule has 0 saturated heterocycles. The van der Waals surface area contributed by atoms with E-state index in [1.54, 1.807) is 0 Å². The maximum Gasteiger partial charge on any atom is 0.292 e. The minimum atomic E-state index is -1.67. The molecule has 0 aromatic carbocycles. The van der Waals surface area contributed by atoms with Crippen LogP contribution in [0.25, 0.3) is 0 Å². The van der Waals surface area contributed by atoms with Crippen molar-refractivity contribution in [2.24, 2.45) is 5.92 Å². The van der Waals surface area contributed by atoms with Crippen molar-refractivity contribution in [1.82, 2.24) is 0 Å². The molecule has 0 aliphatic carbocycles. The van der Waals surface area contributed by atoms with Gasteiger partial charge in [-0.15, -0.1) is 0 Å². The highest BCUT2D eigenvalue weighted by atomic mass is 28.4. The zero-order chi connectivity index (χ0) is 15.4. The molecule has 0 spiro atoms. The third kappa shape index (κ3) is 15.7. The van der Waals surface area contributed by atoms with Crippen LogP contribution in [0.4, 0.5) is 0 Å². The van der Waals surface area contributed by atoms with E-state index in [2.05, 4.69) is 33.5 Å². The summed E-state index contributed by atoms with van der Waals surface area (Å²) < 4.78 is 5.43. The van der Waals surface area contributed by atoms with Gasteiger partial charge in [0.05, 0.1) is 0 Å². The topological polar surface area (TPSA) is 26.3 Å². The first-order valence-electron chi connectivity index (χ1n) is 8.53. The van der Waals surface area contributed by atoms with E-state index < -0.39 is 8.32 Å². The molecule has 0 atom stereocenters. The standard InChI is InChI=1S/C17H36O2Si/c1-16(2)14-12-10-8-6-7-9-11-13-15-17(18)19-20(3,4)5/h16H,6-15H2,1-5H3. The average molecular weight is 301 g/mol. The van der Waals surface area contributed by atoms with Crippen molar-refractivity contribution < 1.29 is 9.22 Å². The Labute approximate surface area is 127 Å². The lowest BCUT2D eigenvalue weighted by atomic mass is 10.0. The van der Waals surface area contributed by atoms with Gasteiger partial charge < -0.3 is 4.43 Å². The highest BCUT2D eigenvalue weighted by Gasteiger charge is 2.19. The van der Waals surface area contributed by atoms with E-state index in [1.165, 1.54) is 51.4 Å². The molecular weight excluding hydrogens is 264 g/mol. The Balaban J connectivity index is 3.23. The van der Waals surface area contributed by atoms with Crippen molar-refractivity contribution in [3.05, 3.63) is 0 Å². The van der Waals surface area contributed by atoms with Crippen LogP contribution in [0.2, 0.25) is 19.6 Å². The maximum absolute atomic E-state index is 11.5. The normalized spacial score (nSPS) is 11.9. The Hall–Kier alpha value is -0.313. The van der Waals surface area contributed by atoms with Crippen LogP contribution in [0.3, 0.4) is 0 Å². The van der Waals surface area contributed by atoms with Gasteiger partial charge in [-0.2, -0.15) is 0 Å². The van der Waals surface area contributed by atoms with Gasteiger partial charge in [-0.25, -0.2) is 0 Å². The summed E-state index contributed by atoms with van der Waals surface area (Å²) in [5.41, 5.74) is 0. The molecule has 3 heteroatoms. The molecule has 0 fully saturated rings. The van der Waals surface area contributed by atoms with E-state index >= 15 is 0 Å². The average Bonchev–Trinajstić information content (AvgIpc) is 2.28. The summed E-state index contributed by atoms with van der Waals surface area (Å²) in [5, 5.41) is 0. The molecule has 0 radical (unpaired) electrons. The number of unbranched alkanes of at least 4 members (excludes halogenated alkanes) is 7. The van der Waals surface area contributed by atoms with E-state index in [0.29, 0.717) is 6.42 Å². The summed E-state index contributed by atoms with van der Waals surface area (Å²) in [6, 6.07) is 0. The van der Waals surface area contributed by atoms with E-state index in [-0.39, 0.29) is 5.97 Å². The molecule has 0 heterocycles. The molecule has 0 aliphatic heterocycles. The van der Waals surface area contributed by atoms with Crippen LogP contribution in [0, 0.1) is 5.92 Å². The Morgan fingerprint density at radius 1 is 0.850 bits per heavy atom. The van der Waals surface area contributed by atoms with E-state index in [1.807, 2.05) is 0 Å². The quantitative estimate of drug-likeness (QED) is 0.330. The molecule has 0 saturated carbocycles. The van der Waals surface area contributed by atoms with Crippen molar-refractivity contribution in [2.75, 3.05) is 0 Å². The van der Waals surface area contributed by atoms with Gasteiger partial charge >= 0.3 is 0 Å². The molecule has 0 aromatic heterocycles. The number of hydrogen-bond donors (Lipinski definition) is 0.